The average Bonchev–Trinajstić information content (AvgIpc) is 2.96. The van der Waals surface area contributed by atoms with Crippen molar-refractivity contribution in [1.82, 2.24) is 0 Å². The minimum atomic E-state index is -0.845. The largest absolute Gasteiger partial charge is 0.478 e. The van der Waals surface area contributed by atoms with E-state index in [9.17, 15) is 4.79 Å². The van der Waals surface area contributed by atoms with Crippen LogP contribution in [0, 0.1) is 0 Å². The Labute approximate surface area is 101 Å². The van der Waals surface area contributed by atoms with E-state index in [-0.39, 0.29) is 0 Å². The normalized spacial score (nSPS) is 10.2. The Hall–Kier alpha value is -2.09. The molecule has 0 fully saturated rings. The Balaban J connectivity index is 0.000000148. The second kappa shape index (κ2) is 4.83. The molecule has 2 heteroatoms. The average molecular weight is 226 g/mol. The van der Waals surface area contributed by atoms with E-state index < -0.39 is 5.97 Å². The lowest BCUT2D eigenvalue weighted by Crippen LogP contribution is -2.00. The van der Waals surface area contributed by atoms with Crippen LogP contribution in [0.3, 0.4) is 0 Å². The molecule has 0 aliphatic heterocycles. The van der Waals surface area contributed by atoms with Gasteiger partial charge in [-0.15, -0.1) is 0 Å². The first-order valence-electron chi connectivity index (χ1n) is 5.64. The van der Waals surface area contributed by atoms with Crippen molar-refractivity contribution in [3.05, 3.63) is 59.7 Å². The third-order valence-electron chi connectivity index (χ3n) is 2.74. The van der Waals surface area contributed by atoms with Gasteiger partial charge in [0.25, 0.3) is 0 Å². The molecule has 1 N–H and O–H groups in total. The summed E-state index contributed by atoms with van der Waals surface area (Å²) < 4.78 is 0. The summed E-state index contributed by atoms with van der Waals surface area (Å²) in [5, 5.41) is 8.70. The number of hydrogen-bond donors (Lipinski definition) is 1. The van der Waals surface area contributed by atoms with Crippen LogP contribution in [-0.4, -0.2) is 11.1 Å². The zero-order valence-corrected chi connectivity index (χ0v) is 9.68. The molecule has 2 aliphatic rings. The van der Waals surface area contributed by atoms with E-state index >= 15 is 0 Å². The molecule has 0 aromatic heterocycles. The fourth-order valence-corrected chi connectivity index (χ4v) is 1.71. The van der Waals surface area contributed by atoms with E-state index in [4.69, 9.17) is 5.11 Å². The molecule has 0 saturated heterocycles. The lowest BCUT2D eigenvalue weighted by atomic mass is 10.1. The van der Waals surface area contributed by atoms with Crippen molar-refractivity contribution < 1.29 is 9.90 Å². The molecule has 1 aromatic carbocycles. The third-order valence-corrected chi connectivity index (χ3v) is 2.74. The van der Waals surface area contributed by atoms with Crippen molar-refractivity contribution in [2.24, 2.45) is 0 Å². The monoisotopic (exact) mass is 226 g/mol. The lowest BCUT2D eigenvalue weighted by molar-refractivity contribution is 0.0696. The van der Waals surface area contributed by atoms with Gasteiger partial charge in [0.05, 0.1) is 5.56 Å². The third kappa shape index (κ3) is 2.72. The van der Waals surface area contributed by atoms with E-state index in [0.717, 1.165) is 12.0 Å². The molecule has 0 atom stereocenters. The summed E-state index contributed by atoms with van der Waals surface area (Å²) in [6, 6.07) is 15.5. The first-order chi connectivity index (χ1) is 8.22. The Morgan fingerprint density at radius 3 is 2.06 bits per heavy atom. The standard InChI is InChI=1S/C9H10O2.C6H4/c1-2-7-5-3-4-6-8(7)9(10)11;1-2-5-4-6(5)3-1/h3-6H,2H2,1H3,(H,10,11);1-4H. The number of carboxylic acid groups (broad SMARTS) is 1. The molecule has 0 bridgehead atoms. The van der Waals surface area contributed by atoms with Gasteiger partial charge in [0.2, 0.25) is 0 Å². The summed E-state index contributed by atoms with van der Waals surface area (Å²) in [6.45, 7) is 1.95. The molecule has 2 aliphatic carbocycles. The molecule has 0 radical (unpaired) electrons. The molecule has 86 valence electrons. The smallest absolute Gasteiger partial charge is 0.335 e. The second-order valence-electron chi connectivity index (χ2n) is 3.90. The number of carboxylic acids is 1. The van der Waals surface area contributed by atoms with Crippen molar-refractivity contribution in [2.45, 2.75) is 13.3 Å². The van der Waals surface area contributed by atoms with Crippen LogP contribution in [0.4, 0.5) is 0 Å². The van der Waals surface area contributed by atoms with E-state index in [2.05, 4.69) is 24.3 Å². The molecule has 0 amide bonds. The predicted molar refractivity (Wildman–Crippen MR) is 68.2 cm³/mol. The second-order valence-corrected chi connectivity index (χ2v) is 3.90. The van der Waals surface area contributed by atoms with Crippen molar-refractivity contribution in [3.8, 4) is 11.1 Å². The maximum Gasteiger partial charge on any atom is 0.335 e. The number of aryl methyl sites for hydroxylation is 1. The van der Waals surface area contributed by atoms with Gasteiger partial charge in [-0.2, -0.15) is 0 Å². The van der Waals surface area contributed by atoms with Crippen molar-refractivity contribution in [2.75, 3.05) is 0 Å². The molecule has 1 aromatic rings. The molecule has 17 heavy (non-hydrogen) atoms. The predicted octanol–water partition coefficient (Wildman–Crippen LogP) is 3.61. The minimum absolute atomic E-state index is 0.412. The van der Waals surface area contributed by atoms with Gasteiger partial charge in [-0.3, -0.25) is 0 Å². The lowest BCUT2D eigenvalue weighted by Gasteiger charge is -2.00. The Kier molecular flexibility index (Phi) is 3.24. The van der Waals surface area contributed by atoms with Crippen molar-refractivity contribution >= 4 is 5.97 Å². The highest BCUT2D eigenvalue weighted by molar-refractivity contribution is 5.89. The van der Waals surface area contributed by atoms with Crippen LogP contribution in [0.1, 0.15) is 22.8 Å². The number of carbonyl (C=O) groups is 1. The highest BCUT2D eigenvalue weighted by Gasteiger charge is 2.07. The topological polar surface area (TPSA) is 37.3 Å². The van der Waals surface area contributed by atoms with Gasteiger partial charge in [0.1, 0.15) is 0 Å². The van der Waals surface area contributed by atoms with Crippen molar-refractivity contribution in [1.29, 1.82) is 0 Å². The first-order valence-corrected chi connectivity index (χ1v) is 5.64. The van der Waals surface area contributed by atoms with Gasteiger partial charge in [-0.1, -0.05) is 43.3 Å². The van der Waals surface area contributed by atoms with E-state index in [1.54, 1.807) is 12.1 Å². The molecular weight excluding hydrogens is 212 g/mol. The number of hydrogen-bond acceptors (Lipinski definition) is 1. The molecule has 0 spiro atoms. The van der Waals surface area contributed by atoms with Crippen LogP contribution in [0.15, 0.2) is 48.5 Å². The SMILES string of the molecule is CCc1ccccc1C(=O)O.c1cc2cc-2c1. The molecule has 0 unspecified atom stereocenters. The first kappa shape index (κ1) is 11.4. The fourth-order valence-electron chi connectivity index (χ4n) is 1.71. The molecule has 2 nitrogen and oxygen atoms in total. The summed E-state index contributed by atoms with van der Waals surface area (Å²) in [4.78, 5) is 10.6. The molecular formula is C15H14O2. The van der Waals surface area contributed by atoms with Crippen LogP contribution in [0.25, 0.3) is 11.1 Å². The minimum Gasteiger partial charge on any atom is -0.478 e. The Morgan fingerprint density at radius 2 is 1.71 bits per heavy atom. The maximum absolute atomic E-state index is 10.6. The van der Waals surface area contributed by atoms with Gasteiger partial charge in [-0.25, -0.2) is 4.79 Å². The number of benzene rings is 2. The highest BCUT2D eigenvalue weighted by atomic mass is 16.4. The summed E-state index contributed by atoms with van der Waals surface area (Å²) in [5.41, 5.74) is 4.15. The summed E-state index contributed by atoms with van der Waals surface area (Å²) in [5.74, 6) is -0.845. The summed E-state index contributed by atoms with van der Waals surface area (Å²) >= 11 is 0. The molecule has 0 saturated carbocycles. The quantitative estimate of drug-likeness (QED) is 0.724. The Morgan fingerprint density at radius 1 is 1.06 bits per heavy atom. The number of rotatable bonds is 2. The van der Waals surface area contributed by atoms with E-state index in [0.29, 0.717) is 5.56 Å². The zero-order valence-electron chi connectivity index (χ0n) is 9.68. The Bertz CT molecular complexity index is 527. The van der Waals surface area contributed by atoms with Crippen molar-refractivity contribution in [3.63, 3.8) is 0 Å². The van der Waals surface area contributed by atoms with Gasteiger partial charge in [0, 0.05) is 0 Å². The summed E-state index contributed by atoms with van der Waals surface area (Å²) in [7, 11) is 0. The van der Waals surface area contributed by atoms with Crippen LogP contribution < -0.4 is 0 Å². The van der Waals surface area contributed by atoms with E-state index in [1.807, 2.05) is 19.1 Å². The number of fused-ring (bicyclic) bond motifs is 1. The van der Waals surface area contributed by atoms with Gasteiger partial charge >= 0.3 is 5.97 Å². The highest BCUT2D eigenvalue weighted by Crippen LogP contribution is 2.32. The van der Waals surface area contributed by atoms with E-state index in [1.165, 1.54) is 11.1 Å². The molecule has 0 heterocycles. The summed E-state index contributed by atoms with van der Waals surface area (Å²) in [6.07, 6.45) is 0.766. The fraction of sp³-hybridized carbons (Fsp3) is 0.133. The van der Waals surface area contributed by atoms with Crippen LogP contribution >= 0.6 is 0 Å². The maximum atomic E-state index is 10.6. The van der Waals surface area contributed by atoms with Gasteiger partial charge in [0.15, 0.2) is 0 Å². The zero-order chi connectivity index (χ0) is 12.3. The molecule has 3 rings (SSSR count). The van der Waals surface area contributed by atoms with Gasteiger partial charge < -0.3 is 5.11 Å². The van der Waals surface area contributed by atoms with Crippen LogP contribution in [0.5, 0.6) is 0 Å². The van der Waals surface area contributed by atoms with Crippen LogP contribution in [0.2, 0.25) is 0 Å². The van der Waals surface area contributed by atoms with Gasteiger partial charge in [-0.05, 0) is 35.2 Å². The number of aromatic carboxylic acids is 1. The van der Waals surface area contributed by atoms with Crippen LogP contribution in [-0.2, 0) is 6.42 Å².